The molecule has 0 aliphatic heterocycles. The summed E-state index contributed by atoms with van der Waals surface area (Å²) in [7, 11) is 0. The van der Waals surface area contributed by atoms with E-state index < -0.39 is 0 Å². The first-order valence-electron chi connectivity index (χ1n) is 11.3. The molecule has 10 heteroatoms. The molecular weight excluding hydrogens is 608 g/mol. The molecule has 0 heterocycles. The van der Waals surface area contributed by atoms with Crippen LogP contribution in [0.25, 0.3) is 0 Å². The van der Waals surface area contributed by atoms with Gasteiger partial charge in [-0.05, 0) is 77.8 Å². The van der Waals surface area contributed by atoms with Crippen LogP contribution in [0.2, 0.25) is 0 Å². The van der Waals surface area contributed by atoms with Gasteiger partial charge in [-0.25, -0.2) is 14.1 Å². The van der Waals surface area contributed by atoms with E-state index in [0.717, 1.165) is 77.8 Å². The molecule has 0 aromatic heterocycles. The van der Waals surface area contributed by atoms with Crippen molar-refractivity contribution in [2.45, 2.75) is 94.2 Å². The van der Waals surface area contributed by atoms with Crippen LogP contribution < -0.4 is 0 Å². The molecule has 3 nitrogen and oxygen atoms in total. The molecule has 191 valence electrons. The second kappa shape index (κ2) is 30.8. The zero-order valence-electron chi connectivity index (χ0n) is 20.5. The van der Waals surface area contributed by atoms with Gasteiger partial charge in [0.25, 0.3) is 0 Å². The minimum absolute atomic E-state index is 0. The normalized spacial score (nSPS) is 11.0. The second-order valence-electron chi connectivity index (χ2n) is 7.03. The Morgan fingerprint density at radius 1 is 0.387 bits per heavy atom. The molecule has 0 amide bonds. The van der Waals surface area contributed by atoms with E-state index >= 15 is 0 Å². The predicted octanol–water partition coefficient (Wildman–Crippen LogP) is 4.08. The van der Waals surface area contributed by atoms with Crippen LogP contribution in [-0.4, -0.2) is 92.5 Å². The topological polar surface area (TPSA) is 9.72 Å². The van der Waals surface area contributed by atoms with E-state index in [9.17, 15) is 0 Å². The summed E-state index contributed by atoms with van der Waals surface area (Å²) >= 11 is 29.8. The maximum Gasteiger partial charge on any atom is 0 e. The van der Waals surface area contributed by atoms with Crippen LogP contribution >= 0.6 is 0 Å². The van der Waals surface area contributed by atoms with E-state index in [0.29, 0.717) is 0 Å². The summed E-state index contributed by atoms with van der Waals surface area (Å²) in [4.78, 5) is 6.47. The first-order chi connectivity index (χ1) is 14.2. The van der Waals surface area contributed by atoms with E-state index in [2.05, 4.69) is 56.2 Å². The van der Waals surface area contributed by atoms with Crippen LogP contribution in [0.4, 0.5) is 0 Å². The molecule has 31 heavy (non-hydrogen) atoms. The van der Waals surface area contributed by atoms with Gasteiger partial charge in [0, 0.05) is 24.4 Å². The molecule has 0 unspecified atom stereocenters. The van der Waals surface area contributed by atoms with Gasteiger partial charge < -0.3 is 90.5 Å². The van der Waals surface area contributed by atoms with Crippen molar-refractivity contribution in [1.29, 1.82) is 0 Å². The molecule has 0 N–H and O–H groups in total. The fraction of sp³-hybridized carbons (Fsp3) is 1.00. The molecule has 0 rings (SSSR count). The zero-order chi connectivity index (χ0) is 23.9. The summed E-state index contributed by atoms with van der Waals surface area (Å²) in [5.74, 6) is 0. The van der Waals surface area contributed by atoms with E-state index in [1.54, 1.807) is 0 Å². The van der Waals surface area contributed by atoms with Gasteiger partial charge >= 0.3 is 0 Å². The average Bonchev–Trinajstić information content (AvgIpc) is 2.68. The van der Waals surface area contributed by atoms with Crippen LogP contribution in [-0.2, 0) is 75.8 Å². The van der Waals surface area contributed by atoms with Crippen molar-refractivity contribution in [3.8, 4) is 0 Å². The molecule has 0 saturated carbocycles. The summed E-state index contributed by atoms with van der Waals surface area (Å²) in [6, 6.07) is 0. The van der Waals surface area contributed by atoms with Crippen molar-refractivity contribution in [3.63, 3.8) is 0 Å². The van der Waals surface area contributed by atoms with Gasteiger partial charge in [-0.1, -0.05) is 41.5 Å². The fourth-order valence-electron chi connectivity index (χ4n) is 2.69. The van der Waals surface area contributed by atoms with Crippen LogP contribution in [0.5, 0.6) is 0 Å². The molecule has 0 fully saturated rings. The molecule has 0 aromatic carbocycles. The Kier molecular flexibility index (Phi) is 40.7. The Labute approximate surface area is 246 Å². The number of nitrogens with zero attached hydrogens (tertiary/aromatic N) is 3. The Balaban J connectivity index is -0.000000174. The van der Waals surface area contributed by atoms with Crippen molar-refractivity contribution in [2.24, 2.45) is 0 Å². The fourth-order valence-corrected chi connectivity index (χ4v) is 3.96. The number of rotatable bonds is 15. The smallest absolute Gasteiger partial charge is 0 e. The molecule has 0 aromatic rings. The summed E-state index contributed by atoms with van der Waals surface area (Å²) in [5.41, 5.74) is 0. The molecule has 0 spiro atoms. The van der Waals surface area contributed by atoms with Crippen molar-refractivity contribution in [3.05, 3.63) is 0 Å². The monoisotopic (exact) mass is 652 g/mol. The van der Waals surface area contributed by atoms with Gasteiger partial charge in [0.15, 0.2) is 0 Å². The molecule has 3 radical (unpaired) electrons. The number of hydrogen-bond donors (Lipinski definition) is 0. The third kappa shape index (κ3) is 28.9. The predicted molar refractivity (Wildman–Crippen MR) is 158 cm³/mol. The van der Waals surface area contributed by atoms with Crippen LogP contribution in [0, 0.1) is 0 Å². The quantitative estimate of drug-likeness (QED) is 0.190. The van der Waals surface area contributed by atoms with Gasteiger partial charge in [0.2, 0.25) is 0 Å². The van der Waals surface area contributed by atoms with E-state index in [1.165, 1.54) is 0 Å². The maximum absolute atomic E-state index is 4.97. The summed E-state index contributed by atoms with van der Waals surface area (Å²) in [5, 5.41) is 0. The van der Waals surface area contributed by atoms with Gasteiger partial charge in [-0.2, -0.15) is 0 Å². The van der Waals surface area contributed by atoms with E-state index in [4.69, 9.17) is 75.8 Å². The largest absolute Gasteiger partial charge is 0.800 e. The zero-order valence-corrected chi connectivity index (χ0v) is 27.9. The van der Waals surface area contributed by atoms with Gasteiger partial charge in [-0.3, -0.25) is 0 Å². The molecule has 0 atom stereocenters. The third-order valence-corrected chi connectivity index (χ3v) is 5.75. The standard InChI is InChI=1S/3C7H17NS2.Sb/c3*1-3-5-8(6-4-2)7(9)10;/h3*7,9-10H,3-6H2,1-2H3;/p-6. The maximum atomic E-state index is 4.97. The van der Waals surface area contributed by atoms with Crippen molar-refractivity contribution in [2.75, 3.05) is 39.3 Å². The second-order valence-corrected chi connectivity index (χ2v) is 10.6. The van der Waals surface area contributed by atoms with Gasteiger partial charge in [-0.15, -0.1) is 0 Å². The minimum atomic E-state index is -0.111. The Morgan fingerprint density at radius 2 is 0.516 bits per heavy atom. The Morgan fingerprint density at radius 3 is 0.581 bits per heavy atom. The van der Waals surface area contributed by atoms with Crippen LogP contribution in [0.1, 0.15) is 80.1 Å². The SMILES string of the molecule is CCCN(CCC)C([S-])[S-].CCCN(CCC)C([S-])[S-].CCCN(CCC)C([S-])[S-].[Sb]. The Hall–Kier alpha value is 2.80. The van der Waals surface area contributed by atoms with Crippen LogP contribution in [0.3, 0.4) is 0 Å². The van der Waals surface area contributed by atoms with Gasteiger partial charge in [0.05, 0.1) is 0 Å². The molecule has 0 aliphatic carbocycles. The van der Waals surface area contributed by atoms with Crippen molar-refractivity contribution in [1.82, 2.24) is 14.7 Å². The number of hydrogen-bond acceptors (Lipinski definition) is 9. The molecule has 0 saturated heterocycles. The first-order valence-corrected chi connectivity index (χ1v) is 14.2. The molecule has 0 bridgehead atoms. The van der Waals surface area contributed by atoms with Crippen molar-refractivity contribution >= 4 is 100 Å². The Bertz CT molecular complexity index is 264. The van der Waals surface area contributed by atoms with Crippen LogP contribution in [0.15, 0.2) is 0 Å². The molecule has 0 aliphatic rings. The third-order valence-electron chi connectivity index (χ3n) is 3.96. The van der Waals surface area contributed by atoms with E-state index in [-0.39, 0.29) is 38.5 Å². The van der Waals surface area contributed by atoms with E-state index in [1.807, 2.05) is 0 Å². The summed E-state index contributed by atoms with van der Waals surface area (Å²) < 4.78 is -0.334. The molecular formula is C21H45N3S6Sb-6. The summed E-state index contributed by atoms with van der Waals surface area (Å²) in [6.45, 7) is 19.2. The minimum Gasteiger partial charge on any atom is -0.800 e. The van der Waals surface area contributed by atoms with Gasteiger partial charge in [0.1, 0.15) is 0 Å². The summed E-state index contributed by atoms with van der Waals surface area (Å²) in [6.07, 6.45) is 6.86. The average molecular weight is 654 g/mol. The first kappa shape index (κ1) is 40.9. The van der Waals surface area contributed by atoms with Crippen molar-refractivity contribution < 1.29 is 0 Å².